The lowest BCUT2D eigenvalue weighted by molar-refractivity contribution is -0.295. The largest absolute Gasteiger partial charge is 0.369 e. The quantitative estimate of drug-likeness (QED) is 0.659. The van der Waals surface area contributed by atoms with Gasteiger partial charge in [-0.15, -0.1) is 0 Å². The second kappa shape index (κ2) is 7.67. The molecule has 0 aromatic heterocycles. The molecule has 3 fully saturated rings. The number of benzene rings is 2. The Labute approximate surface area is 200 Å². The highest BCUT2D eigenvalue weighted by Gasteiger charge is 2.61. The first-order valence-corrected chi connectivity index (χ1v) is 12.6. The number of nitrogens with zero attached hydrogens (tertiary/aromatic N) is 3. The minimum atomic E-state index is -1.29. The van der Waals surface area contributed by atoms with Crippen LogP contribution in [0, 0.1) is 17.3 Å². The van der Waals surface area contributed by atoms with Crippen LogP contribution in [0.25, 0.3) is 0 Å². The topological polar surface area (TPSA) is 45.3 Å². The maximum Gasteiger partial charge on any atom is 0.293 e. The van der Waals surface area contributed by atoms with Gasteiger partial charge in [0.15, 0.2) is 0 Å². The molecule has 3 heterocycles. The second-order valence-corrected chi connectivity index (χ2v) is 10.6. The maximum absolute atomic E-state index is 13.9. The molecule has 0 radical (unpaired) electrons. The number of carbonyl (C=O) groups excluding carboxylic acids is 1. The van der Waals surface area contributed by atoms with E-state index in [1.54, 1.807) is 0 Å². The van der Waals surface area contributed by atoms with E-state index >= 15 is 0 Å². The van der Waals surface area contributed by atoms with Crippen molar-refractivity contribution in [2.45, 2.75) is 18.6 Å². The molecule has 34 heavy (non-hydrogen) atoms. The van der Waals surface area contributed by atoms with Crippen molar-refractivity contribution in [1.82, 2.24) is 4.90 Å². The number of anilines is 2. The van der Waals surface area contributed by atoms with Gasteiger partial charge in [0.25, 0.3) is 11.7 Å². The first kappa shape index (κ1) is 20.7. The van der Waals surface area contributed by atoms with Crippen LogP contribution in [0.3, 0.4) is 0 Å². The number of fused-ring (bicyclic) bond motifs is 5. The summed E-state index contributed by atoms with van der Waals surface area (Å²) in [6.07, 6.45) is 6.99. The van der Waals surface area contributed by atoms with Gasteiger partial charge < -0.3 is 14.4 Å². The third kappa shape index (κ3) is 3.02. The summed E-state index contributed by atoms with van der Waals surface area (Å²) in [5.74, 6) is -0.214. The van der Waals surface area contributed by atoms with E-state index in [1.165, 1.54) is 12.1 Å². The normalized spacial score (nSPS) is 34.5. The molecule has 1 saturated carbocycles. The van der Waals surface area contributed by atoms with Crippen molar-refractivity contribution in [3.63, 3.8) is 0 Å². The highest BCUT2D eigenvalue weighted by atomic mass is 16.7. The molecule has 2 spiro atoms. The lowest BCUT2D eigenvalue weighted by atomic mass is 9.76. The molecule has 5 aliphatic rings. The molecule has 176 valence electrons. The number of carbonyl (C=O) groups is 1. The predicted octanol–water partition coefficient (Wildman–Crippen LogP) is 3.59. The van der Waals surface area contributed by atoms with Gasteiger partial charge in [-0.05, 0) is 42.9 Å². The van der Waals surface area contributed by atoms with Crippen LogP contribution in [0.4, 0.5) is 11.4 Å². The summed E-state index contributed by atoms with van der Waals surface area (Å²) < 4.78 is 13.0. The molecular weight excluding hydrogens is 426 g/mol. The van der Waals surface area contributed by atoms with Crippen molar-refractivity contribution in [1.29, 1.82) is 0 Å². The molecule has 0 unspecified atom stereocenters. The molecule has 2 aromatic carbocycles. The summed E-state index contributed by atoms with van der Waals surface area (Å²) in [7, 11) is 0. The number of allylic oxidation sites excluding steroid dienone is 2. The summed E-state index contributed by atoms with van der Waals surface area (Å²) in [4.78, 5) is 20.5. The van der Waals surface area contributed by atoms with Gasteiger partial charge in [0.05, 0.1) is 25.6 Å². The van der Waals surface area contributed by atoms with E-state index in [2.05, 4.69) is 52.3 Å². The fraction of sp³-hybridized carbons (Fsp3) is 0.464. The Morgan fingerprint density at radius 2 is 1.62 bits per heavy atom. The fourth-order valence-corrected chi connectivity index (χ4v) is 6.75. The molecule has 2 atom stereocenters. The molecular formula is C28H31N3O3. The van der Waals surface area contributed by atoms with E-state index in [0.29, 0.717) is 31.7 Å². The van der Waals surface area contributed by atoms with Crippen LogP contribution in [-0.4, -0.2) is 56.9 Å². The number of piperazine rings is 1. The number of hydrogen-bond acceptors (Lipinski definition) is 5. The summed E-state index contributed by atoms with van der Waals surface area (Å²) in [6, 6.07) is 18.6. The van der Waals surface area contributed by atoms with E-state index in [9.17, 15) is 4.79 Å². The smallest absolute Gasteiger partial charge is 0.293 e. The monoisotopic (exact) mass is 457 g/mol. The van der Waals surface area contributed by atoms with Gasteiger partial charge in [-0.1, -0.05) is 48.6 Å². The Hall–Kier alpha value is -2.67. The minimum Gasteiger partial charge on any atom is -0.369 e. The van der Waals surface area contributed by atoms with Crippen molar-refractivity contribution >= 4 is 17.3 Å². The third-order valence-corrected chi connectivity index (χ3v) is 8.66. The van der Waals surface area contributed by atoms with Crippen LogP contribution in [0.15, 0.2) is 66.7 Å². The van der Waals surface area contributed by atoms with Crippen LogP contribution < -0.4 is 9.80 Å². The Morgan fingerprint density at radius 3 is 2.32 bits per heavy atom. The Balaban J connectivity index is 1.08. The molecule has 6 heteroatoms. The van der Waals surface area contributed by atoms with E-state index < -0.39 is 5.79 Å². The van der Waals surface area contributed by atoms with Crippen molar-refractivity contribution in [3.8, 4) is 0 Å². The Morgan fingerprint density at radius 1 is 0.882 bits per heavy atom. The van der Waals surface area contributed by atoms with Crippen LogP contribution in [0.1, 0.15) is 18.4 Å². The van der Waals surface area contributed by atoms with Crippen molar-refractivity contribution in [2.75, 3.05) is 55.9 Å². The summed E-state index contributed by atoms with van der Waals surface area (Å²) in [5.41, 5.74) is 3.07. The van der Waals surface area contributed by atoms with Gasteiger partial charge in [-0.2, -0.15) is 0 Å². The third-order valence-electron chi connectivity index (χ3n) is 8.66. The molecule has 2 aromatic rings. The molecule has 2 saturated heterocycles. The van der Waals surface area contributed by atoms with E-state index in [4.69, 9.17) is 9.47 Å². The Kier molecular flexibility index (Phi) is 4.66. The zero-order valence-corrected chi connectivity index (χ0v) is 19.4. The number of amides is 1. The molecule has 0 N–H and O–H groups in total. The zero-order chi connectivity index (χ0) is 22.8. The number of ether oxygens (including phenoxy) is 2. The average Bonchev–Trinajstić information content (AvgIpc) is 3.55. The van der Waals surface area contributed by atoms with E-state index in [1.807, 2.05) is 29.2 Å². The van der Waals surface area contributed by atoms with Gasteiger partial charge >= 0.3 is 0 Å². The van der Waals surface area contributed by atoms with Gasteiger partial charge in [0.1, 0.15) is 0 Å². The van der Waals surface area contributed by atoms with Crippen molar-refractivity contribution in [3.05, 3.63) is 72.3 Å². The standard InChI is InChI=1S/C28H31N3O3/c32-26-28(33-18-27(19-34-28)17-21-10-11-22(27)16-21)24-8-4-5-9-25(24)31(26)20-29-12-14-30(15-13-29)23-6-2-1-3-7-23/h1-11,21-22H,12-20H2/t21-,22+,27?,28?/m1/s1. The van der Waals surface area contributed by atoms with Crippen LogP contribution >= 0.6 is 0 Å². The molecule has 1 amide bonds. The summed E-state index contributed by atoms with van der Waals surface area (Å²) >= 11 is 0. The van der Waals surface area contributed by atoms with E-state index in [-0.39, 0.29) is 11.3 Å². The first-order chi connectivity index (χ1) is 16.7. The van der Waals surface area contributed by atoms with Gasteiger partial charge in [0, 0.05) is 42.8 Å². The number of para-hydroxylation sites is 2. The Bertz CT molecular complexity index is 1120. The summed E-state index contributed by atoms with van der Waals surface area (Å²) in [6.45, 7) is 5.45. The van der Waals surface area contributed by atoms with Crippen molar-refractivity contribution < 1.29 is 14.3 Å². The van der Waals surface area contributed by atoms with Crippen LogP contribution in [0.2, 0.25) is 0 Å². The van der Waals surface area contributed by atoms with Gasteiger partial charge in [-0.3, -0.25) is 14.6 Å². The maximum atomic E-state index is 13.9. The first-order valence-electron chi connectivity index (χ1n) is 12.6. The number of rotatable bonds is 3. The molecule has 6 nitrogen and oxygen atoms in total. The van der Waals surface area contributed by atoms with Crippen LogP contribution in [0.5, 0.6) is 0 Å². The lowest BCUT2D eigenvalue weighted by Crippen LogP contribution is -2.56. The molecule has 2 aliphatic carbocycles. The zero-order valence-electron chi connectivity index (χ0n) is 19.4. The van der Waals surface area contributed by atoms with Crippen molar-refractivity contribution in [2.24, 2.45) is 17.3 Å². The summed E-state index contributed by atoms with van der Waals surface area (Å²) in [5, 5.41) is 0. The highest BCUT2D eigenvalue weighted by molar-refractivity contribution is 6.06. The van der Waals surface area contributed by atoms with Crippen LogP contribution in [-0.2, 0) is 20.1 Å². The second-order valence-electron chi connectivity index (χ2n) is 10.6. The molecule has 2 bridgehead atoms. The molecule has 7 rings (SSSR count). The fourth-order valence-electron chi connectivity index (χ4n) is 6.75. The average molecular weight is 458 g/mol. The lowest BCUT2D eigenvalue weighted by Gasteiger charge is -2.45. The van der Waals surface area contributed by atoms with E-state index in [0.717, 1.165) is 43.9 Å². The van der Waals surface area contributed by atoms with Gasteiger partial charge in [-0.25, -0.2) is 0 Å². The number of hydrogen-bond donors (Lipinski definition) is 0. The highest BCUT2D eigenvalue weighted by Crippen LogP contribution is 2.57. The minimum absolute atomic E-state index is 0.0288. The predicted molar refractivity (Wildman–Crippen MR) is 130 cm³/mol. The van der Waals surface area contributed by atoms with Gasteiger partial charge in [0.2, 0.25) is 0 Å². The molecule has 3 aliphatic heterocycles. The SMILES string of the molecule is O=C1N(CN2CCN(c3ccccc3)CC2)c2ccccc2C12OCC1(CO2)C[C@@H]2C=C[C@H]1C2.